The van der Waals surface area contributed by atoms with Crippen LogP contribution in [0.5, 0.6) is 11.5 Å². The molecule has 0 aliphatic carbocycles. The van der Waals surface area contributed by atoms with E-state index in [0.29, 0.717) is 22.5 Å². The van der Waals surface area contributed by atoms with Crippen molar-refractivity contribution in [2.24, 2.45) is 0 Å². The fraction of sp³-hybridized carbons (Fsp3) is 0.0556. The number of aromatic nitrogens is 1. The predicted octanol–water partition coefficient (Wildman–Crippen LogP) is 4.26. The lowest BCUT2D eigenvalue weighted by atomic mass is 10.1. The van der Waals surface area contributed by atoms with Gasteiger partial charge in [0.25, 0.3) is 0 Å². The van der Waals surface area contributed by atoms with Crippen molar-refractivity contribution in [1.29, 1.82) is 0 Å². The summed E-state index contributed by atoms with van der Waals surface area (Å²) < 4.78 is 18.8. The number of pyridine rings is 1. The smallest absolute Gasteiger partial charge is 0.141 e. The van der Waals surface area contributed by atoms with Gasteiger partial charge in [-0.15, -0.1) is 0 Å². The van der Waals surface area contributed by atoms with Gasteiger partial charge in [0.05, 0.1) is 12.8 Å². The number of hydrogen-bond acceptors (Lipinski definition) is 3. The van der Waals surface area contributed by atoms with Crippen molar-refractivity contribution < 1.29 is 14.2 Å². The maximum atomic E-state index is 13.9. The Kier molecular flexibility index (Phi) is 3.74. The molecule has 1 aromatic heterocycles. The quantitative estimate of drug-likeness (QED) is 0.785. The zero-order valence-electron chi connectivity index (χ0n) is 12.0. The number of aromatic hydroxyl groups is 1. The average molecular weight is 295 g/mol. The molecule has 3 nitrogen and oxygen atoms in total. The zero-order chi connectivity index (χ0) is 15.5. The van der Waals surface area contributed by atoms with Crippen molar-refractivity contribution in [3.8, 4) is 11.5 Å². The largest absolute Gasteiger partial charge is 0.506 e. The van der Waals surface area contributed by atoms with Crippen molar-refractivity contribution >= 4 is 23.1 Å². The zero-order valence-corrected chi connectivity index (χ0v) is 12.0. The van der Waals surface area contributed by atoms with E-state index >= 15 is 0 Å². The number of benzene rings is 2. The molecule has 0 aliphatic heterocycles. The van der Waals surface area contributed by atoms with Gasteiger partial charge in [0.2, 0.25) is 0 Å². The Morgan fingerprint density at radius 3 is 2.73 bits per heavy atom. The minimum Gasteiger partial charge on any atom is -0.506 e. The first-order valence-electron chi connectivity index (χ1n) is 6.78. The lowest BCUT2D eigenvalue weighted by molar-refractivity contribution is 0.411. The van der Waals surface area contributed by atoms with Gasteiger partial charge in [-0.2, -0.15) is 0 Å². The molecular weight excluding hydrogens is 281 g/mol. The molecule has 0 bridgehead atoms. The fourth-order valence-electron chi connectivity index (χ4n) is 2.18. The van der Waals surface area contributed by atoms with Gasteiger partial charge in [-0.25, -0.2) is 9.37 Å². The molecule has 0 saturated carbocycles. The number of phenolic OH excluding ortho intramolecular Hbond substituents is 1. The maximum absolute atomic E-state index is 13.9. The van der Waals surface area contributed by atoms with Gasteiger partial charge in [-0.05, 0) is 36.4 Å². The number of hydrogen-bond donors (Lipinski definition) is 1. The molecule has 4 heteroatoms. The van der Waals surface area contributed by atoms with E-state index in [1.54, 1.807) is 36.4 Å². The van der Waals surface area contributed by atoms with E-state index in [1.807, 2.05) is 18.2 Å². The normalized spacial score (nSPS) is 11.2. The molecule has 0 aliphatic rings. The van der Waals surface area contributed by atoms with Gasteiger partial charge in [0.1, 0.15) is 22.8 Å². The van der Waals surface area contributed by atoms with Crippen LogP contribution < -0.4 is 4.74 Å². The Hall–Kier alpha value is -2.88. The summed E-state index contributed by atoms with van der Waals surface area (Å²) in [6.45, 7) is 0. The van der Waals surface area contributed by atoms with Crippen molar-refractivity contribution in [3.05, 3.63) is 65.6 Å². The van der Waals surface area contributed by atoms with E-state index in [1.165, 1.54) is 13.2 Å². The monoisotopic (exact) mass is 295 g/mol. The highest BCUT2D eigenvalue weighted by molar-refractivity contribution is 5.85. The first-order valence-corrected chi connectivity index (χ1v) is 6.78. The lowest BCUT2D eigenvalue weighted by Gasteiger charge is -2.03. The molecule has 3 aromatic rings. The number of rotatable bonds is 3. The van der Waals surface area contributed by atoms with E-state index in [2.05, 4.69) is 4.98 Å². The molecule has 2 aromatic carbocycles. The summed E-state index contributed by atoms with van der Waals surface area (Å²) >= 11 is 0. The Morgan fingerprint density at radius 2 is 1.95 bits per heavy atom. The summed E-state index contributed by atoms with van der Waals surface area (Å²) in [5.74, 6) is 0.242. The highest BCUT2D eigenvalue weighted by Gasteiger charge is 2.03. The third kappa shape index (κ3) is 2.76. The van der Waals surface area contributed by atoms with E-state index in [-0.39, 0.29) is 11.6 Å². The summed E-state index contributed by atoms with van der Waals surface area (Å²) in [6.07, 6.45) is 3.35. The first kappa shape index (κ1) is 14.1. The number of methoxy groups -OCH3 is 1. The van der Waals surface area contributed by atoms with Crippen LogP contribution >= 0.6 is 0 Å². The summed E-state index contributed by atoms with van der Waals surface area (Å²) in [5, 5.41) is 10.7. The molecule has 0 unspecified atom stereocenters. The van der Waals surface area contributed by atoms with Gasteiger partial charge in [0, 0.05) is 17.0 Å². The number of halogens is 1. The van der Waals surface area contributed by atoms with Gasteiger partial charge in [-0.1, -0.05) is 18.2 Å². The molecule has 0 amide bonds. The van der Waals surface area contributed by atoms with E-state index in [9.17, 15) is 9.50 Å². The second-order valence-corrected chi connectivity index (χ2v) is 4.81. The summed E-state index contributed by atoms with van der Waals surface area (Å²) in [4.78, 5) is 4.37. The van der Waals surface area contributed by atoms with Crippen LogP contribution in [0.25, 0.3) is 23.1 Å². The highest BCUT2D eigenvalue weighted by atomic mass is 19.1. The standard InChI is InChI=1S/C18H14FNO2/c1-22-15-10-7-12(16(19)11-15)5-8-14-9-6-13-3-2-4-17(21)18(13)20-14/h2-11,21H,1H3/b8-5+. The third-order valence-corrected chi connectivity index (χ3v) is 3.36. The maximum Gasteiger partial charge on any atom is 0.141 e. The van der Waals surface area contributed by atoms with Gasteiger partial charge in [0.15, 0.2) is 0 Å². The third-order valence-electron chi connectivity index (χ3n) is 3.36. The van der Waals surface area contributed by atoms with Crippen LogP contribution in [-0.4, -0.2) is 17.2 Å². The topological polar surface area (TPSA) is 42.4 Å². The van der Waals surface area contributed by atoms with Crippen LogP contribution in [0.4, 0.5) is 4.39 Å². The molecule has 0 spiro atoms. The molecule has 22 heavy (non-hydrogen) atoms. The van der Waals surface area contributed by atoms with Crippen molar-refractivity contribution in [3.63, 3.8) is 0 Å². The van der Waals surface area contributed by atoms with E-state index in [4.69, 9.17) is 4.74 Å². The van der Waals surface area contributed by atoms with Crippen LogP contribution in [0.3, 0.4) is 0 Å². The summed E-state index contributed by atoms with van der Waals surface area (Å²) in [7, 11) is 1.50. The highest BCUT2D eigenvalue weighted by Crippen LogP contribution is 2.23. The molecule has 1 N–H and O–H groups in total. The molecular formula is C18H14FNO2. The number of fused-ring (bicyclic) bond motifs is 1. The minimum absolute atomic E-state index is 0.128. The SMILES string of the molecule is COc1ccc(/C=C/c2ccc3cccc(O)c3n2)c(F)c1. The molecule has 0 saturated heterocycles. The number of ether oxygens (including phenoxy) is 1. The van der Waals surface area contributed by atoms with Crippen LogP contribution in [0, 0.1) is 5.82 Å². The van der Waals surface area contributed by atoms with Crippen molar-refractivity contribution in [2.75, 3.05) is 7.11 Å². The molecule has 3 rings (SSSR count). The Morgan fingerprint density at radius 1 is 1.09 bits per heavy atom. The molecule has 110 valence electrons. The van der Waals surface area contributed by atoms with Gasteiger partial charge >= 0.3 is 0 Å². The van der Waals surface area contributed by atoms with Crippen LogP contribution in [0.1, 0.15) is 11.3 Å². The number of para-hydroxylation sites is 1. The molecule has 0 radical (unpaired) electrons. The minimum atomic E-state index is -0.362. The predicted molar refractivity (Wildman–Crippen MR) is 85.3 cm³/mol. The molecule has 1 heterocycles. The number of nitrogens with zero attached hydrogens (tertiary/aromatic N) is 1. The van der Waals surface area contributed by atoms with Crippen LogP contribution in [0.2, 0.25) is 0 Å². The second-order valence-electron chi connectivity index (χ2n) is 4.81. The van der Waals surface area contributed by atoms with Gasteiger partial charge < -0.3 is 9.84 Å². The number of phenols is 1. The van der Waals surface area contributed by atoms with E-state index in [0.717, 1.165) is 5.39 Å². The molecule has 0 fully saturated rings. The van der Waals surface area contributed by atoms with Crippen LogP contribution in [-0.2, 0) is 0 Å². The summed E-state index contributed by atoms with van der Waals surface area (Å²) in [6, 6.07) is 13.6. The Labute approximate surface area is 127 Å². The Bertz CT molecular complexity index is 859. The van der Waals surface area contributed by atoms with E-state index < -0.39 is 0 Å². The van der Waals surface area contributed by atoms with Crippen molar-refractivity contribution in [2.45, 2.75) is 0 Å². The van der Waals surface area contributed by atoms with Crippen LogP contribution in [0.15, 0.2) is 48.5 Å². The summed E-state index contributed by atoms with van der Waals surface area (Å²) in [5.41, 5.74) is 1.61. The fourth-order valence-corrected chi connectivity index (χ4v) is 2.18. The van der Waals surface area contributed by atoms with Gasteiger partial charge in [-0.3, -0.25) is 0 Å². The van der Waals surface area contributed by atoms with Crippen molar-refractivity contribution in [1.82, 2.24) is 4.98 Å². The Balaban J connectivity index is 1.94. The first-order chi connectivity index (χ1) is 10.7. The second kappa shape index (κ2) is 5.85. The average Bonchev–Trinajstić information content (AvgIpc) is 2.54. The molecule has 0 atom stereocenters. The lowest BCUT2D eigenvalue weighted by Crippen LogP contribution is -1.87.